The second-order valence-electron chi connectivity index (χ2n) is 4.32. The minimum atomic E-state index is -4.24. The lowest BCUT2D eigenvalue weighted by molar-refractivity contribution is -0.120. The van der Waals surface area contributed by atoms with Gasteiger partial charge in [0, 0.05) is 13.1 Å². The van der Waals surface area contributed by atoms with Crippen LogP contribution >= 0.6 is 0 Å². The summed E-state index contributed by atoms with van der Waals surface area (Å²) in [6.45, 7) is 0.00966. The Morgan fingerprint density at radius 2 is 2.00 bits per heavy atom. The lowest BCUT2D eigenvalue weighted by Crippen LogP contribution is -2.37. The van der Waals surface area contributed by atoms with Crippen molar-refractivity contribution in [2.75, 3.05) is 25.4 Å². The van der Waals surface area contributed by atoms with Crippen LogP contribution in [0.5, 0.6) is 0 Å². The normalized spacial score (nSPS) is 17.6. The van der Waals surface area contributed by atoms with Crippen LogP contribution in [0.2, 0.25) is 0 Å². The number of sulfonamides is 1. The second kappa shape index (κ2) is 5.33. The van der Waals surface area contributed by atoms with Crippen LogP contribution in [-0.2, 0) is 14.8 Å². The largest absolute Gasteiger partial charge is 0.394 e. The molecule has 1 fully saturated rings. The second-order valence-corrected chi connectivity index (χ2v) is 6.22. The van der Waals surface area contributed by atoms with Gasteiger partial charge in [-0.15, -0.1) is 0 Å². The number of nitrogens with one attached hydrogen (secondary N) is 1. The van der Waals surface area contributed by atoms with Gasteiger partial charge in [-0.2, -0.15) is 4.31 Å². The maximum Gasteiger partial charge on any atom is 0.246 e. The van der Waals surface area contributed by atoms with Gasteiger partial charge >= 0.3 is 0 Å². The van der Waals surface area contributed by atoms with E-state index in [9.17, 15) is 22.0 Å². The molecule has 0 aliphatic carbocycles. The van der Waals surface area contributed by atoms with E-state index in [2.05, 4.69) is 5.32 Å². The standard InChI is InChI=1S/C11H13F2N3O3S/c12-7-2-3-8(10(13)11(7)14)20(18,19)16-5-1-4-15-9(17)6-16/h2-3H,1,4-6,14H2,(H,15,17). The topological polar surface area (TPSA) is 92.5 Å². The van der Waals surface area contributed by atoms with Crippen molar-refractivity contribution in [2.45, 2.75) is 11.3 Å². The van der Waals surface area contributed by atoms with Crippen molar-refractivity contribution in [1.82, 2.24) is 9.62 Å². The van der Waals surface area contributed by atoms with E-state index in [1.807, 2.05) is 0 Å². The molecule has 0 unspecified atom stereocenters. The summed E-state index contributed by atoms with van der Waals surface area (Å²) < 4.78 is 52.4. The number of halogens is 2. The maximum absolute atomic E-state index is 13.8. The summed E-state index contributed by atoms with van der Waals surface area (Å²) in [5.74, 6) is -2.84. The van der Waals surface area contributed by atoms with Gasteiger partial charge in [0.2, 0.25) is 15.9 Å². The Kier molecular flexibility index (Phi) is 3.91. The number of nitrogens with zero attached hydrogens (tertiary/aromatic N) is 1. The predicted octanol–water partition coefficient (Wildman–Crippen LogP) is 0.0576. The van der Waals surface area contributed by atoms with E-state index < -0.39 is 44.7 Å². The number of rotatable bonds is 2. The van der Waals surface area contributed by atoms with Gasteiger partial charge in [-0.3, -0.25) is 4.79 Å². The minimum absolute atomic E-state index is 0.0673. The van der Waals surface area contributed by atoms with E-state index in [-0.39, 0.29) is 6.54 Å². The third kappa shape index (κ3) is 2.59. The number of carbonyl (C=O) groups excluding carboxylic acids is 1. The average Bonchev–Trinajstić information content (AvgIpc) is 2.61. The van der Waals surface area contributed by atoms with Crippen LogP contribution in [0.3, 0.4) is 0 Å². The fourth-order valence-electron chi connectivity index (χ4n) is 1.87. The Hall–Kier alpha value is -1.74. The van der Waals surface area contributed by atoms with Gasteiger partial charge in [0.05, 0.1) is 6.54 Å². The van der Waals surface area contributed by atoms with Gasteiger partial charge in [0.1, 0.15) is 16.4 Å². The quantitative estimate of drug-likeness (QED) is 0.756. The number of anilines is 1. The van der Waals surface area contributed by atoms with E-state index in [1.165, 1.54) is 0 Å². The van der Waals surface area contributed by atoms with Crippen LogP contribution in [0.25, 0.3) is 0 Å². The number of carbonyl (C=O) groups is 1. The van der Waals surface area contributed by atoms with Gasteiger partial charge in [-0.05, 0) is 18.6 Å². The van der Waals surface area contributed by atoms with Crippen LogP contribution in [-0.4, -0.2) is 38.3 Å². The van der Waals surface area contributed by atoms with Crippen LogP contribution in [0, 0.1) is 11.6 Å². The molecule has 1 aliphatic rings. The molecule has 6 nitrogen and oxygen atoms in total. The fraction of sp³-hybridized carbons (Fsp3) is 0.364. The molecule has 1 heterocycles. The molecule has 0 saturated carbocycles. The molecular formula is C11H13F2N3O3S. The Balaban J connectivity index is 2.44. The lowest BCUT2D eigenvalue weighted by Gasteiger charge is -2.19. The van der Waals surface area contributed by atoms with Crippen LogP contribution < -0.4 is 11.1 Å². The zero-order valence-corrected chi connectivity index (χ0v) is 11.2. The molecule has 1 amide bonds. The Labute approximate surface area is 114 Å². The molecule has 1 aromatic carbocycles. The Morgan fingerprint density at radius 3 is 2.70 bits per heavy atom. The first-order valence-corrected chi connectivity index (χ1v) is 7.28. The molecule has 2 rings (SSSR count). The maximum atomic E-state index is 13.8. The molecule has 0 radical (unpaired) electrons. The highest BCUT2D eigenvalue weighted by molar-refractivity contribution is 7.89. The van der Waals surface area contributed by atoms with Crippen molar-refractivity contribution in [3.8, 4) is 0 Å². The molecule has 0 aromatic heterocycles. The first-order valence-electron chi connectivity index (χ1n) is 5.84. The predicted molar refractivity (Wildman–Crippen MR) is 67.2 cm³/mol. The van der Waals surface area contributed by atoms with Crippen molar-refractivity contribution in [2.24, 2.45) is 0 Å². The van der Waals surface area contributed by atoms with Crippen molar-refractivity contribution in [3.63, 3.8) is 0 Å². The van der Waals surface area contributed by atoms with E-state index in [1.54, 1.807) is 0 Å². The highest BCUT2D eigenvalue weighted by Gasteiger charge is 2.31. The SMILES string of the molecule is Nc1c(F)ccc(S(=O)(=O)N2CCCNC(=O)C2)c1F. The number of amides is 1. The summed E-state index contributed by atoms with van der Waals surface area (Å²) in [7, 11) is -4.24. The lowest BCUT2D eigenvalue weighted by atomic mass is 10.3. The molecule has 20 heavy (non-hydrogen) atoms. The summed E-state index contributed by atoms with van der Waals surface area (Å²) in [6.07, 6.45) is 0.406. The number of hydrogen-bond donors (Lipinski definition) is 2. The molecule has 110 valence electrons. The fourth-order valence-corrected chi connectivity index (χ4v) is 3.38. The van der Waals surface area contributed by atoms with Crippen LogP contribution in [0.15, 0.2) is 17.0 Å². The summed E-state index contributed by atoms with van der Waals surface area (Å²) in [6, 6.07) is 1.59. The third-order valence-electron chi connectivity index (χ3n) is 2.94. The average molecular weight is 305 g/mol. The summed E-state index contributed by atoms with van der Waals surface area (Å²) in [5, 5.41) is 2.51. The molecular weight excluding hydrogens is 292 g/mol. The first kappa shape index (κ1) is 14.7. The van der Waals surface area contributed by atoms with E-state index in [0.29, 0.717) is 13.0 Å². The van der Waals surface area contributed by atoms with Crippen molar-refractivity contribution in [1.29, 1.82) is 0 Å². The summed E-state index contributed by atoms with van der Waals surface area (Å²) in [4.78, 5) is 10.7. The molecule has 0 bridgehead atoms. The number of hydrogen-bond acceptors (Lipinski definition) is 4. The summed E-state index contributed by atoms with van der Waals surface area (Å²) in [5.41, 5.74) is 4.30. The van der Waals surface area contributed by atoms with E-state index in [0.717, 1.165) is 16.4 Å². The molecule has 1 aromatic rings. The molecule has 9 heteroatoms. The molecule has 1 saturated heterocycles. The van der Waals surface area contributed by atoms with Crippen molar-refractivity contribution >= 4 is 21.6 Å². The smallest absolute Gasteiger partial charge is 0.246 e. The van der Waals surface area contributed by atoms with Gasteiger partial charge in [-0.25, -0.2) is 17.2 Å². The monoisotopic (exact) mass is 305 g/mol. The van der Waals surface area contributed by atoms with Gasteiger partial charge < -0.3 is 11.1 Å². The van der Waals surface area contributed by atoms with E-state index >= 15 is 0 Å². The minimum Gasteiger partial charge on any atom is -0.394 e. The van der Waals surface area contributed by atoms with Crippen LogP contribution in [0.4, 0.5) is 14.5 Å². The molecule has 3 N–H and O–H groups in total. The zero-order valence-electron chi connectivity index (χ0n) is 10.4. The third-order valence-corrected chi connectivity index (χ3v) is 4.80. The number of nitrogen functional groups attached to an aromatic ring is 1. The van der Waals surface area contributed by atoms with Gasteiger partial charge in [0.15, 0.2) is 5.82 Å². The molecule has 0 atom stereocenters. The van der Waals surface area contributed by atoms with Crippen molar-refractivity contribution in [3.05, 3.63) is 23.8 Å². The molecule has 1 aliphatic heterocycles. The number of benzene rings is 1. The Morgan fingerprint density at radius 1 is 1.30 bits per heavy atom. The first-order chi connectivity index (χ1) is 9.34. The van der Waals surface area contributed by atoms with Gasteiger partial charge in [-0.1, -0.05) is 0 Å². The van der Waals surface area contributed by atoms with Crippen molar-refractivity contribution < 1.29 is 22.0 Å². The van der Waals surface area contributed by atoms with Gasteiger partial charge in [0.25, 0.3) is 0 Å². The highest BCUT2D eigenvalue weighted by atomic mass is 32.2. The number of nitrogens with two attached hydrogens (primary N) is 1. The van der Waals surface area contributed by atoms with Crippen LogP contribution in [0.1, 0.15) is 6.42 Å². The molecule has 0 spiro atoms. The highest BCUT2D eigenvalue weighted by Crippen LogP contribution is 2.25. The van der Waals surface area contributed by atoms with E-state index in [4.69, 9.17) is 5.73 Å². The zero-order chi connectivity index (χ0) is 14.9. The Bertz CT molecular complexity index is 649. The summed E-state index contributed by atoms with van der Waals surface area (Å²) >= 11 is 0.